The minimum absolute atomic E-state index is 0.115. The number of rotatable bonds is 3. The molecule has 0 spiro atoms. The van der Waals surface area contributed by atoms with Crippen molar-refractivity contribution in [1.29, 1.82) is 0 Å². The van der Waals surface area contributed by atoms with Crippen molar-refractivity contribution in [2.75, 3.05) is 11.9 Å². The molecule has 1 amide bonds. The van der Waals surface area contributed by atoms with Crippen molar-refractivity contribution in [2.24, 2.45) is 0 Å². The summed E-state index contributed by atoms with van der Waals surface area (Å²) in [5.74, 6) is 0.851. The van der Waals surface area contributed by atoms with Crippen molar-refractivity contribution in [3.05, 3.63) is 16.2 Å². The lowest BCUT2D eigenvalue weighted by Crippen LogP contribution is -2.32. The number of fused-ring (bicyclic) bond motifs is 1. The highest BCUT2D eigenvalue weighted by atomic mass is 35.5. The summed E-state index contributed by atoms with van der Waals surface area (Å²) >= 11 is 7.52. The Labute approximate surface area is 119 Å². The van der Waals surface area contributed by atoms with E-state index in [4.69, 9.17) is 11.6 Å². The third-order valence-electron chi connectivity index (χ3n) is 3.09. The molecule has 7 heteroatoms. The molecule has 1 aliphatic rings. The number of hydrogen-bond acceptors (Lipinski definition) is 5. The van der Waals surface area contributed by atoms with Gasteiger partial charge in [-0.05, 0) is 31.0 Å². The van der Waals surface area contributed by atoms with E-state index >= 15 is 0 Å². The highest BCUT2D eigenvalue weighted by molar-refractivity contribution is 7.18. The van der Waals surface area contributed by atoms with E-state index in [9.17, 15) is 4.79 Å². The van der Waals surface area contributed by atoms with Crippen molar-refractivity contribution < 1.29 is 4.79 Å². The lowest BCUT2D eigenvalue weighted by Gasteiger charge is -2.12. The second kappa shape index (κ2) is 4.94. The van der Waals surface area contributed by atoms with E-state index in [1.165, 1.54) is 4.88 Å². The summed E-state index contributed by atoms with van der Waals surface area (Å²) in [6.45, 7) is 2.68. The van der Waals surface area contributed by atoms with Gasteiger partial charge in [-0.2, -0.15) is 0 Å². The third kappa shape index (κ3) is 2.64. The molecule has 0 saturated carbocycles. The first kappa shape index (κ1) is 12.6. The summed E-state index contributed by atoms with van der Waals surface area (Å²) in [6, 6.07) is 2.21. The maximum absolute atomic E-state index is 11.2. The zero-order valence-corrected chi connectivity index (χ0v) is 11.9. The largest absolute Gasteiger partial charge is 0.367 e. The van der Waals surface area contributed by atoms with Gasteiger partial charge in [0.25, 0.3) is 0 Å². The second-order valence-electron chi connectivity index (χ2n) is 4.60. The molecule has 2 N–H and O–H groups in total. The van der Waals surface area contributed by atoms with E-state index < -0.39 is 0 Å². The van der Waals surface area contributed by atoms with Gasteiger partial charge in [-0.3, -0.25) is 4.79 Å². The predicted molar refractivity (Wildman–Crippen MR) is 76.8 cm³/mol. The number of thiophene rings is 1. The van der Waals surface area contributed by atoms with Gasteiger partial charge in [0, 0.05) is 23.9 Å². The molecule has 0 radical (unpaired) electrons. The molecule has 1 atom stereocenters. The monoisotopic (exact) mass is 296 g/mol. The number of carbonyl (C=O) groups excluding carboxylic acids is 1. The van der Waals surface area contributed by atoms with Crippen LogP contribution in [-0.4, -0.2) is 28.5 Å². The lowest BCUT2D eigenvalue weighted by molar-refractivity contribution is -0.119. The first-order valence-electron chi connectivity index (χ1n) is 6.09. The van der Waals surface area contributed by atoms with Gasteiger partial charge in [-0.15, -0.1) is 11.3 Å². The molecule has 0 aromatic carbocycles. The van der Waals surface area contributed by atoms with Crippen LogP contribution in [0.25, 0.3) is 10.2 Å². The molecular weight excluding hydrogens is 284 g/mol. The number of anilines is 1. The fourth-order valence-corrected chi connectivity index (χ4v) is 3.30. The highest BCUT2D eigenvalue weighted by Crippen LogP contribution is 2.29. The molecule has 0 bridgehead atoms. The van der Waals surface area contributed by atoms with Crippen LogP contribution < -0.4 is 10.6 Å². The summed E-state index contributed by atoms with van der Waals surface area (Å²) in [5.41, 5.74) is 0. The Balaban J connectivity index is 1.81. The maximum atomic E-state index is 11.2. The molecule has 1 saturated heterocycles. The van der Waals surface area contributed by atoms with Crippen LogP contribution in [0.4, 0.5) is 5.82 Å². The number of nitrogens with one attached hydrogen (secondary N) is 2. The molecule has 19 heavy (non-hydrogen) atoms. The molecule has 100 valence electrons. The Morgan fingerprint density at radius 2 is 2.42 bits per heavy atom. The Hall–Kier alpha value is -1.40. The van der Waals surface area contributed by atoms with E-state index in [2.05, 4.69) is 20.6 Å². The van der Waals surface area contributed by atoms with Gasteiger partial charge in [-0.25, -0.2) is 9.97 Å². The predicted octanol–water partition coefficient (Wildman–Crippen LogP) is 2.34. The van der Waals surface area contributed by atoms with Crippen molar-refractivity contribution in [3.8, 4) is 0 Å². The minimum atomic E-state index is 0.115. The van der Waals surface area contributed by atoms with E-state index in [0.717, 1.165) is 22.5 Å². The fraction of sp³-hybridized carbons (Fsp3) is 0.417. The zero-order valence-electron chi connectivity index (χ0n) is 10.4. The van der Waals surface area contributed by atoms with Crippen LogP contribution in [0.2, 0.25) is 5.28 Å². The summed E-state index contributed by atoms with van der Waals surface area (Å²) in [4.78, 5) is 21.6. The fourth-order valence-electron chi connectivity index (χ4n) is 2.20. The number of hydrogen-bond donors (Lipinski definition) is 2. The first-order chi connectivity index (χ1) is 9.11. The molecule has 2 aromatic heterocycles. The van der Waals surface area contributed by atoms with E-state index in [0.29, 0.717) is 13.0 Å². The Morgan fingerprint density at radius 1 is 1.58 bits per heavy atom. The smallest absolute Gasteiger partial charge is 0.225 e. The van der Waals surface area contributed by atoms with Gasteiger partial charge in [0.2, 0.25) is 11.2 Å². The van der Waals surface area contributed by atoms with Gasteiger partial charge in [0.05, 0.1) is 5.39 Å². The number of amides is 1. The normalized spacial score (nSPS) is 18.8. The summed E-state index contributed by atoms with van der Waals surface area (Å²) in [7, 11) is 0. The van der Waals surface area contributed by atoms with Crippen LogP contribution in [-0.2, 0) is 4.79 Å². The number of nitrogens with zero attached hydrogens (tertiary/aromatic N) is 2. The van der Waals surface area contributed by atoms with Crippen molar-refractivity contribution in [1.82, 2.24) is 15.3 Å². The van der Waals surface area contributed by atoms with Crippen molar-refractivity contribution in [2.45, 2.75) is 25.8 Å². The van der Waals surface area contributed by atoms with Crippen molar-refractivity contribution >= 4 is 44.9 Å². The van der Waals surface area contributed by atoms with Gasteiger partial charge in [-0.1, -0.05) is 0 Å². The SMILES string of the molecule is Cc1cc2c(NCC3CCC(=O)N3)nc(Cl)nc2s1. The molecule has 1 unspecified atom stereocenters. The molecule has 3 heterocycles. The van der Waals surface area contributed by atoms with Gasteiger partial charge in [0.15, 0.2) is 0 Å². The standard InChI is InChI=1S/C12H13ClN4OS/c1-6-4-8-10(16-12(13)17-11(8)19-6)14-5-7-2-3-9(18)15-7/h4,7H,2-3,5H2,1H3,(H,15,18)(H,14,16,17). The molecule has 3 rings (SSSR count). The third-order valence-corrected chi connectivity index (χ3v) is 4.20. The highest BCUT2D eigenvalue weighted by Gasteiger charge is 2.20. The van der Waals surface area contributed by atoms with Crippen molar-refractivity contribution in [3.63, 3.8) is 0 Å². The molecule has 2 aromatic rings. The zero-order chi connectivity index (χ0) is 13.4. The summed E-state index contributed by atoms with van der Waals surface area (Å²) in [5, 5.41) is 7.40. The van der Waals surface area contributed by atoms with Crippen LogP contribution in [0.5, 0.6) is 0 Å². The molecule has 1 aliphatic heterocycles. The van der Waals surface area contributed by atoms with Crippen LogP contribution in [0.15, 0.2) is 6.07 Å². The summed E-state index contributed by atoms with van der Waals surface area (Å²) < 4.78 is 0. The Morgan fingerprint density at radius 3 is 3.16 bits per heavy atom. The van der Waals surface area contributed by atoms with E-state index in [-0.39, 0.29) is 17.2 Å². The topological polar surface area (TPSA) is 66.9 Å². The first-order valence-corrected chi connectivity index (χ1v) is 7.28. The number of aromatic nitrogens is 2. The maximum Gasteiger partial charge on any atom is 0.225 e. The number of halogens is 1. The molecular formula is C12H13ClN4OS. The van der Waals surface area contributed by atoms with Crippen LogP contribution in [0.3, 0.4) is 0 Å². The Kier molecular flexibility index (Phi) is 3.28. The minimum Gasteiger partial charge on any atom is -0.367 e. The van der Waals surface area contributed by atoms with Gasteiger partial charge < -0.3 is 10.6 Å². The average Bonchev–Trinajstić information content (AvgIpc) is 2.91. The molecule has 1 fully saturated rings. The quantitative estimate of drug-likeness (QED) is 0.853. The Bertz CT molecular complexity index is 642. The van der Waals surface area contributed by atoms with Crippen LogP contribution in [0, 0.1) is 6.92 Å². The van der Waals surface area contributed by atoms with Crippen LogP contribution in [0.1, 0.15) is 17.7 Å². The van der Waals surface area contributed by atoms with Crippen LogP contribution >= 0.6 is 22.9 Å². The lowest BCUT2D eigenvalue weighted by atomic mass is 10.2. The number of carbonyl (C=O) groups is 1. The van der Waals surface area contributed by atoms with E-state index in [1.54, 1.807) is 11.3 Å². The number of aryl methyl sites for hydroxylation is 1. The van der Waals surface area contributed by atoms with Gasteiger partial charge >= 0.3 is 0 Å². The second-order valence-corrected chi connectivity index (χ2v) is 6.17. The summed E-state index contributed by atoms with van der Waals surface area (Å²) in [6.07, 6.45) is 1.46. The molecule has 0 aliphatic carbocycles. The van der Waals surface area contributed by atoms with E-state index in [1.807, 2.05) is 13.0 Å². The van der Waals surface area contributed by atoms with Gasteiger partial charge in [0.1, 0.15) is 10.6 Å². The molecule has 5 nitrogen and oxygen atoms in total. The average molecular weight is 297 g/mol.